The van der Waals surface area contributed by atoms with Crippen LogP contribution in [0.25, 0.3) is 33.4 Å². The highest BCUT2D eigenvalue weighted by Crippen LogP contribution is 2.29. The maximum Gasteiger partial charge on any atom is 0.433 e. The van der Waals surface area contributed by atoms with Crippen molar-refractivity contribution < 1.29 is 18.0 Å². The number of aromatic amines is 1. The second-order valence-electron chi connectivity index (χ2n) is 8.36. The van der Waals surface area contributed by atoms with E-state index in [4.69, 9.17) is 5.26 Å². The Labute approximate surface area is 208 Å². The topological polar surface area (TPSA) is 108 Å². The van der Waals surface area contributed by atoms with Crippen molar-refractivity contribution in [1.82, 2.24) is 24.9 Å². The number of rotatable bonds is 6. The van der Waals surface area contributed by atoms with Gasteiger partial charge in [0.1, 0.15) is 28.9 Å². The molecule has 0 radical (unpaired) electrons. The normalized spacial score (nSPS) is 11.4. The average Bonchev–Trinajstić information content (AvgIpc) is 3.32. The van der Waals surface area contributed by atoms with Crippen LogP contribution in [0.4, 0.5) is 13.2 Å². The summed E-state index contributed by atoms with van der Waals surface area (Å²) in [6, 6.07) is 15.2. The molecule has 0 aliphatic heterocycles. The van der Waals surface area contributed by atoms with Gasteiger partial charge in [0, 0.05) is 71.1 Å². The lowest BCUT2D eigenvalue weighted by molar-refractivity contribution is -0.141. The summed E-state index contributed by atoms with van der Waals surface area (Å²) in [5.74, 6) is -0.252. The first-order valence-electron chi connectivity index (χ1n) is 11.1. The van der Waals surface area contributed by atoms with Crippen LogP contribution >= 0.6 is 0 Å². The van der Waals surface area contributed by atoms with E-state index in [1.165, 1.54) is 6.07 Å². The second-order valence-corrected chi connectivity index (χ2v) is 8.36. The number of aromatic nitrogens is 5. The summed E-state index contributed by atoms with van der Waals surface area (Å²) in [7, 11) is 0. The Morgan fingerprint density at radius 3 is 2.43 bits per heavy atom. The Morgan fingerprint density at radius 2 is 1.68 bits per heavy atom. The average molecular weight is 498 g/mol. The van der Waals surface area contributed by atoms with E-state index in [2.05, 4.69) is 24.9 Å². The molecule has 0 amide bonds. The zero-order valence-corrected chi connectivity index (χ0v) is 19.1. The van der Waals surface area contributed by atoms with Crippen molar-refractivity contribution in [3.63, 3.8) is 0 Å². The fraction of sp³-hybridized carbons (Fsp3) is 0.111. The van der Waals surface area contributed by atoms with Crippen LogP contribution in [0, 0.1) is 11.3 Å². The number of Topliss-reactive ketones (excluding diaryl/α,β-unsaturated/α-hetero) is 1. The fourth-order valence-electron chi connectivity index (χ4n) is 3.92. The summed E-state index contributed by atoms with van der Waals surface area (Å²) in [4.78, 5) is 31.8. The van der Waals surface area contributed by atoms with Crippen LogP contribution in [0.2, 0.25) is 0 Å². The summed E-state index contributed by atoms with van der Waals surface area (Å²) in [6.45, 7) is 0. The number of hydrogen-bond donors (Lipinski definition) is 1. The molecule has 0 spiro atoms. The highest BCUT2D eigenvalue weighted by atomic mass is 19.4. The van der Waals surface area contributed by atoms with Gasteiger partial charge in [0.05, 0.1) is 0 Å². The summed E-state index contributed by atoms with van der Waals surface area (Å²) in [5.41, 5.74) is 4.02. The standard InChI is InChI=1S/C27H17F3N6O/c28-27(29,30)25-8-16(3-5-33-25)7-23(37)12-21-2-1-18(14-34-21)20-9-19-11-24(36-26(19)35-15-20)17-4-6-32-22(10-17)13-31/h1-6,8-11,14-15H,7,12H2,(H,35,36). The molecule has 10 heteroatoms. The van der Waals surface area contributed by atoms with Gasteiger partial charge in [-0.3, -0.25) is 14.8 Å². The Bertz CT molecular complexity index is 1650. The van der Waals surface area contributed by atoms with Crippen LogP contribution in [0.3, 0.4) is 0 Å². The molecule has 0 saturated carbocycles. The third-order valence-electron chi connectivity index (χ3n) is 5.71. The summed E-state index contributed by atoms with van der Waals surface area (Å²) in [5, 5.41) is 9.96. The van der Waals surface area contributed by atoms with Gasteiger partial charge >= 0.3 is 6.18 Å². The monoisotopic (exact) mass is 498 g/mol. The molecule has 0 bridgehead atoms. The smallest absolute Gasteiger partial charge is 0.339 e. The third-order valence-corrected chi connectivity index (χ3v) is 5.71. The summed E-state index contributed by atoms with van der Waals surface area (Å²) >= 11 is 0. The quantitative estimate of drug-likeness (QED) is 0.339. The lowest BCUT2D eigenvalue weighted by Gasteiger charge is -2.07. The Morgan fingerprint density at radius 1 is 0.865 bits per heavy atom. The summed E-state index contributed by atoms with van der Waals surface area (Å²) < 4.78 is 38.5. The van der Waals surface area contributed by atoms with Gasteiger partial charge in [-0.25, -0.2) is 9.97 Å². The van der Waals surface area contributed by atoms with E-state index in [1.54, 1.807) is 36.8 Å². The predicted octanol–water partition coefficient (Wildman–Crippen LogP) is 5.33. The number of hydrogen-bond acceptors (Lipinski definition) is 6. The molecular formula is C27H17F3N6O. The molecule has 0 aliphatic carbocycles. The van der Waals surface area contributed by atoms with Crippen molar-refractivity contribution in [3.05, 3.63) is 96.0 Å². The van der Waals surface area contributed by atoms with Crippen LogP contribution in [0.15, 0.2) is 73.3 Å². The number of H-pyrrole nitrogens is 1. The maximum atomic E-state index is 12.8. The zero-order chi connectivity index (χ0) is 26.0. The van der Waals surface area contributed by atoms with E-state index in [9.17, 15) is 18.0 Å². The predicted molar refractivity (Wildman–Crippen MR) is 129 cm³/mol. The molecule has 1 N–H and O–H groups in total. The van der Waals surface area contributed by atoms with Crippen LogP contribution < -0.4 is 0 Å². The molecule has 182 valence electrons. The van der Waals surface area contributed by atoms with Crippen molar-refractivity contribution in [3.8, 4) is 28.5 Å². The van der Waals surface area contributed by atoms with Crippen LogP contribution in [-0.4, -0.2) is 30.7 Å². The molecule has 0 aromatic carbocycles. The molecule has 5 aromatic heterocycles. The molecule has 5 rings (SSSR count). The highest BCUT2D eigenvalue weighted by molar-refractivity contribution is 5.87. The zero-order valence-electron chi connectivity index (χ0n) is 19.1. The van der Waals surface area contributed by atoms with E-state index < -0.39 is 11.9 Å². The first-order chi connectivity index (χ1) is 17.8. The van der Waals surface area contributed by atoms with Gasteiger partial charge in [0.25, 0.3) is 0 Å². The minimum atomic E-state index is -4.56. The largest absolute Gasteiger partial charge is 0.433 e. The van der Waals surface area contributed by atoms with Crippen LogP contribution in [-0.2, 0) is 23.8 Å². The van der Waals surface area contributed by atoms with Crippen molar-refractivity contribution in [1.29, 1.82) is 5.26 Å². The van der Waals surface area contributed by atoms with Crippen molar-refractivity contribution in [2.45, 2.75) is 19.0 Å². The second kappa shape index (κ2) is 9.62. The van der Waals surface area contributed by atoms with Gasteiger partial charge in [-0.05, 0) is 48.0 Å². The molecule has 0 aliphatic rings. The SMILES string of the molecule is N#Cc1cc(-c2cc3cc(-c4ccc(CC(=O)Cc5ccnc(C(F)(F)F)c5)nc4)cnc3[nH]2)ccn1. The van der Waals surface area contributed by atoms with Gasteiger partial charge < -0.3 is 4.98 Å². The molecule has 0 unspecified atom stereocenters. The number of nitrogens with one attached hydrogen (secondary N) is 1. The number of nitrogens with zero attached hydrogens (tertiary/aromatic N) is 5. The minimum absolute atomic E-state index is 0.000965. The number of carbonyl (C=O) groups is 1. The van der Waals surface area contributed by atoms with E-state index >= 15 is 0 Å². The van der Waals surface area contributed by atoms with Gasteiger partial charge in [-0.15, -0.1) is 0 Å². The van der Waals surface area contributed by atoms with E-state index in [1.807, 2.05) is 24.3 Å². The molecule has 37 heavy (non-hydrogen) atoms. The number of halogens is 3. The molecular weight excluding hydrogens is 481 g/mol. The van der Waals surface area contributed by atoms with Gasteiger partial charge in [-0.2, -0.15) is 18.4 Å². The maximum absolute atomic E-state index is 12.8. The molecule has 0 fully saturated rings. The van der Waals surface area contributed by atoms with Crippen molar-refractivity contribution >= 4 is 16.8 Å². The minimum Gasteiger partial charge on any atom is -0.339 e. The summed E-state index contributed by atoms with van der Waals surface area (Å²) in [6.07, 6.45) is 1.27. The first-order valence-corrected chi connectivity index (χ1v) is 11.1. The van der Waals surface area contributed by atoms with Crippen molar-refractivity contribution in [2.75, 3.05) is 0 Å². The van der Waals surface area contributed by atoms with Gasteiger partial charge in [-0.1, -0.05) is 6.07 Å². The Balaban J connectivity index is 1.29. The Kier molecular flexibility index (Phi) is 6.19. The molecule has 5 heterocycles. The molecule has 0 saturated heterocycles. The fourth-order valence-corrected chi connectivity index (χ4v) is 3.92. The van der Waals surface area contributed by atoms with E-state index in [0.717, 1.165) is 40.0 Å². The highest BCUT2D eigenvalue weighted by Gasteiger charge is 2.32. The van der Waals surface area contributed by atoms with Crippen LogP contribution in [0.5, 0.6) is 0 Å². The lowest BCUT2D eigenvalue weighted by Crippen LogP contribution is -2.11. The number of pyridine rings is 4. The van der Waals surface area contributed by atoms with Crippen LogP contribution in [0.1, 0.15) is 22.6 Å². The van der Waals surface area contributed by atoms with Crippen molar-refractivity contribution in [2.24, 2.45) is 0 Å². The van der Waals surface area contributed by atoms with Gasteiger partial charge in [0.15, 0.2) is 0 Å². The number of ketones is 1. The number of nitriles is 1. The van der Waals surface area contributed by atoms with Gasteiger partial charge in [0.2, 0.25) is 0 Å². The third kappa shape index (κ3) is 5.36. The number of fused-ring (bicyclic) bond motifs is 1. The van der Waals surface area contributed by atoms with E-state index in [0.29, 0.717) is 17.0 Å². The first kappa shape index (κ1) is 23.8. The lowest BCUT2D eigenvalue weighted by atomic mass is 10.0. The number of carbonyl (C=O) groups excluding carboxylic acids is 1. The van der Waals surface area contributed by atoms with E-state index in [-0.39, 0.29) is 24.2 Å². The molecule has 5 aromatic rings. The molecule has 0 atom stereocenters. The number of alkyl halides is 3. The molecule has 7 nitrogen and oxygen atoms in total. The Hall–Kier alpha value is -4.91.